The summed E-state index contributed by atoms with van der Waals surface area (Å²) < 4.78 is 0. The van der Waals surface area contributed by atoms with Gasteiger partial charge in [0.1, 0.15) is 18.2 Å². The molecule has 0 aliphatic heterocycles. The molecule has 0 heterocycles. The largest absolute Gasteiger partial charge is 1.00 e. The highest BCUT2D eigenvalue weighted by Gasteiger charge is 2.33. The highest BCUT2D eigenvalue weighted by atomic mass is 35.5. The molecule has 2 atom stereocenters. The molecule has 3 nitrogen and oxygen atoms in total. The molecule has 0 aromatic rings. The second-order valence-electron chi connectivity index (χ2n) is 2.38. The minimum absolute atomic E-state index is 0. The minimum atomic E-state index is -0.370. The SMILES string of the molecule is [Cl-].[NH3+]C1[C@H](O)CC[C@H]1O. The van der Waals surface area contributed by atoms with Crippen LogP contribution in [0.1, 0.15) is 12.8 Å². The zero-order chi connectivity index (χ0) is 6.15. The normalized spacial score (nSPS) is 36.3. The Morgan fingerprint density at radius 3 is 1.56 bits per heavy atom. The van der Waals surface area contributed by atoms with Crippen LogP contribution in [-0.4, -0.2) is 28.5 Å². The van der Waals surface area contributed by atoms with E-state index in [4.69, 9.17) is 10.2 Å². The third-order valence-electron chi connectivity index (χ3n) is 1.75. The summed E-state index contributed by atoms with van der Waals surface area (Å²) in [5, 5.41) is 17.9. The number of hydrogen-bond donors (Lipinski definition) is 3. The van der Waals surface area contributed by atoms with Gasteiger partial charge in [-0.3, -0.25) is 0 Å². The zero-order valence-corrected chi connectivity index (χ0v) is 5.88. The summed E-state index contributed by atoms with van der Waals surface area (Å²) in [5.41, 5.74) is 3.60. The summed E-state index contributed by atoms with van der Waals surface area (Å²) in [5.74, 6) is 0. The average molecular weight is 154 g/mol. The molecular weight excluding hydrogens is 142 g/mol. The first kappa shape index (κ1) is 9.17. The molecule has 0 aromatic carbocycles. The predicted octanol–water partition coefficient (Wildman–Crippen LogP) is -4.88. The molecule has 0 saturated heterocycles. The van der Waals surface area contributed by atoms with Crippen molar-refractivity contribution in [3.63, 3.8) is 0 Å². The van der Waals surface area contributed by atoms with Gasteiger partial charge < -0.3 is 28.4 Å². The molecule has 1 fully saturated rings. The molecule has 1 saturated carbocycles. The molecule has 0 bridgehead atoms. The summed E-state index contributed by atoms with van der Waals surface area (Å²) in [6, 6.07) is -0.157. The van der Waals surface area contributed by atoms with Gasteiger partial charge in [-0.15, -0.1) is 0 Å². The lowest BCUT2D eigenvalue weighted by Gasteiger charge is -2.06. The van der Waals surface area contributed by atoms with Gasteiger partial charge in [0, 0.05) is 0 Å². The Morgan fingerprint density at radius 1 is 1.11 bits per heavy atom. The molecule has 0 amide bonds. The van der Waals surface area contributed by atoms with Crippen molar-refractivity contribution in [1.29, 1.82) is 0 Å². The van der Waals surface area contributed by atoms with Crippen molar-refractivity contribution in [3.05, 3.63) is 0 Å². The third-order valence-corrected chi connectivity index (χ3v) is 1.75. The quantitative estimate of drug-likeness (QED) is 0.327. The fourth-order valence-electron chi connectivity index (χ4n) is 1.03. The Kier molecular flexibility index (Phi) is 3.43. The van der Waals surface area contributed by atoms with Gasteiger partial charge in [0.15, 0.2) is 0 Å². The van der Waals surface area contributed by atoms with Gasteiger partial charge in [-0.05, 0) is 12.8 Å². The molecule has 9 heavy (non-hydrogen) atoms. The van der Waals surface area contributed by atoms with Crippen LogP contribution in [0.2, 0.25) is 0 Å². The lowest BCUT2D eigenvalue weighted by Crippen LogP contribution is -3.00. The van der Waals surface area contributed by atoms with Crippen molar-refractivity contribution >= 4 is 0 Å². The lowest BCUT2D eigenvalue weighted by atomic mass is 10.2. The third kappa shape index (κ3) is 1.79. The van der Waals surface area contributed by atoms with Crippen LogP contribution >= 0.6 is 0 Å². The first-order valence-electron chi connectivity index (χ1n) is 2.91. The van der Waals surface area contributed by atoms with Gasteiger partial charge in [-0.25, -0.2) is 0 Å². The van der Waals surface area contributed by atoms with Gasteiger partial charge in [-0.1, -0.05) is 0 Å². The van der Waals surface area contributed by atoms with E-state index >= 15 is 0 Å². The standard InChI is InChI=1S/C5H11NO2.ClH/c6-5-3(7)1-2-4(5)8;/h3-5,7-8H,1-2,6H2;1H/t3-,4-;/m1./s1. The van der Waals surface area contributed by atoms with E-state index in [0.717, 1.165) is 0 Å². The number of rotatable bonds is 0. The van der Waals surface area contributed by atoms with Crippen molar-refractivity contribution in [1.82, 2.24) is 0 Å². The van der Waals surface area contributed by atoms with Gasteiger partial charge in [0.05, 0.1) is 0 Å². The summed E-state index contributed by atoms with van der Waals surface area (Å²) >= 11 is 0. The minimum Gasteiger partial charge on any atom is -1.00 e. The maximum Gasteiger partial charge on any atom is 0.137 e. The van der Waals surface area contributed by atoms with E-state index in [1.807, 2.05) is 0 Å². The molecule has 1 rings (SSSR count). The summed E-state index contributed by atoms with van der Waals surface area (Å²) in [6.45, 7) is 0. The van der Waals surface area contributed by atoms with E-state index in [1.165, 1.54) is 0 Å². The predicted molar refractivity (Wildman–Crippen MR) is 27.9 cm³/mol. The highest BCUT2D eigenvalue weighted by molar-refractivity contribution is 4.82. The average Bonchev–Trinajstić information content (AvgIpc) is 1.98. The Morgan fingerprint density at radius 2 is 1.44 bits per heavy atom. The maximum absolute atomic E-state index is 8.95. The second kappa shape index (κ2) is 3.37. The number of aliphatic hydroxyl groups excluding tert-OH is 2. The van der Waals surface area contributed by atoms with E-state index < -0.39 is 0 Å². The van der Waals surface area contributed by atoms with E-state index in [1.54, 1.807) is 0 Å². The van der Waals surface area contributed by atoms with Gasteiger partial charge in [0.2, 0.25) is 0 Å². The fraction of sp³-hybridized carbons (Fsp3) is 1.00. The van der Waals surface area contributed by atoms with E-state index in [-0.39, 0.29) is 30.7 Å². The zero-order valence-electron chi connectivity index (χ0n) is 5.13. The van der Waals surface area contributed by atoms with Crippen LogP contribution in [0.15, 0.2) is 0 Å². The first-order valence-corrected chi connectivity index (χ1v) is 2.91. The summed E-state index contributed by atoms with van der Waals surface area (Å²) in [6.07, 6.45) is 0.667. The Labute approximate surface area is 60.3 Å². The van der Waals surface area contributed by atoms with Crippen molar-refractivity contribution in [2.75, 3.05) is 0 Å². The fourth-order valence-corrected chi connectivity index (χ4v) is 1.03. The molecule has 0 aromatic heterocycles. The molecule has 5 N–H and O–H groups in total. The molecule has 56 valence electrons. The van der Waals surface area contributed by atoms with Crippen LogP contribution < -0.4 is 18.1 Å². The van der Waals surface area contributed by atoms with E-state index in [9.17, 15) is 0 Å². The number of halogens is 1. The van der Waals surface area contributed by atoms with Gasteiger partial charge in [0.25, 0.3) is 0 Å². The van der Waals surface area contributed by atoms with Crippen LogP contribution in [-0.2, 0) is 0 Å². The summed E-state index contributed by atoms with van der Waals surface area (Å²) in [4.78, 5) is 0. The van der Waals surface area contributed by atoms with E-state index in [0.29, 0.717) is 12.8 Å². The van der Waals surface area contributed by atoms with E-state index in [2.05, 4.69) is 5.73 Å². The molecule has 1 aliphatic carbocycles. The molecule has 0 radical (unpaired) electrons. The van der Waals surface area contributed by atoms with Crippen molar-refractivity contribution in [2.24, 2.45) is 0 Å². The van der Waals surface area contributed by atoms with Crippen LogP contribution in [0.25, 0.3) is 0 Å². The first-order chi connectivity index (χ1) is 3.72. The second-order valence-corrected chi connectivity index (χ2v) is 2.38. The molecule has 0 unspecified atom stereocenters. The molecule has 0 spiro atoms. The Balaban J connectivity index is 0.000000640. The van der Waals surface area contributed by atoms with Crippen LogP contribution in [0.4, 0.5) is 0 Å². The molecule has 4 heteroatoms. The van der Waals surface area contributed by atoms with Crippen molar-refractivity contribution in [3.8, 4) is 0 Å². The summed E-state index contributed by atoms with van der Waals surface area (Å²) in [7, 11) is 0. The smallest absolute Gasteiger partial charge is 0.137 e. The maximum atomic E-state index is 8.95. The van der Waals surface area contributed by atoms with Gasteiger partial charge in [-0.2, -0.15) is 0 Å². The Hall–Kier alpha value is 0.170. The van der Waals surface area contributed by atoms with Crippen molar-refractivity contribution < 1.29 is 28.4 Å². The van der Waals surface area contributed by atoms with Gasteiger partial charge >= 0.3 is 0 Å². The number of hydrogen-bond acceptors (Lipinski definition) is 2. The highest BCUT2D eigenvalue weighted by Crippen LogP contribution is 2.15. The topological polar surface area (TPSA) is 68.1 Å². The molecule has 1 aliphatic rings. The van der Waals surface area contributed by atoms with Crippen LogP contribution in [0, 0.1) is 0 Å². The lowest BCUT2D eigenvalue weighted by molar-refractivity contribution is -0.446. The molecular formula is C5H12ClNO2. The van der Waals surface area contributed by atoms with Crippen molar-refractivity contribution in [2.45, 2.75) is 31.1 Å². The van der Waals surface area contributed by atoms with Crippen LogP contribution in [0.3, 0.4) is 0 Å². The van der Waals surface area contributed by atoms with Crippen LogP contribution in [0.5, 0.6) is 0 Å². The Bertz CT molecular complexity index is 81.0. The number of aliphatic hydroxyl groups is 2. The monoisotopic (exact) mass is 153 g/mol. The number of quaternary nitrogens is 1.